The smallest absolute Gasteiger partial charge is 0.358 e. The van der Waals surface area contributed by atoms with Crippen molar-refractivity contribution in [2.45, 2.75) is 70.4 Å². The molecule has 0 spiro atoms. The molecule has 0 radical (unpaired) electrons. The van der Waals surface area contributed by atoms with Crippen LogP contribution in [0.25, 0.3) is 0 Å². The minimum absolute atomic E-state index is 0.0230. The number of alkyl halides is 6. The third-order valence-corrected chi connectivity index (χ3v) is 7.64. The number of hydrogen-bond donors (Lipinski definition) is 0. The van der Waals surface area contributed by atoms with Gasteiger partial charge in [0, 0.05) is 36.0 Å². The molecule has 0 unspecified atom stereocenters. The standard InChI is InChI=1S/C27H31F6N3O/c1-5-37-25(26(28,29)30,27(31,32)33)24(13-12-20-7-9-21(16-34)10-8-20)14-15-36(18-24)23(3,4)22-11-6-19(2)35-17-22/h6-11,17H,5,12-15,18H2,1-4H3/t24-/m1/s1. The first-order chi connectivity index (χ1) is 17.1. The first-order valence-electron chi connectivity index (χ1n) is 12.1. The molecule has 2 aromatic rings. The Morgan fingerprint density at radius 1 is 1.03 bits per heavy atom. The Labute approximate surface area is 213 Å². The van der Waals surface area contributed by atoms with Crippen molar-refractivity contribution in [3.05, 3.63) is 65.0 Å². The summed E-state index contributed by atoms with van der Waals surface area (Å²) >= 11 is 0. The van der Waals surface area contributed by atoms with E-state index in [0.717, 1.165) is 12.6 Å². The van der Waals surface area contributed by atoms with Gasteiger partial charge in [-0.15, -0.1) is 0 Å². The van der Waals surface area contributed by atoms with Crippen molar-refractivity contribution in [2.75, 3.05) is 19.7 Å². The fraction of sp³-hybridized carbons (Fsp3) is 0.556. The molecule has 3 rings (SSSR count). The van der Waals surface area contributed by atoms with Crippen LogP contribution in [0.1, 0.15) is 56.0 Å². The summed E-state index contributed by atoms with van der Waals surface area (Å²) in [5.41, 5.74) is -5.16. The number of aromatic nitrogens is 1. The van der Waals surface area contributed by atoms with Crippen molar-refractivity contribution >= 4 is 0 Å². The molecule has 1 atom stereocenters. The van der Waals surface area contributed by atoms with Crippen LogP contribution in [0.4, 0.5) is 26.3 Å². The number of nitrogens with zero attached hydrogens (tertiary/aromatic N) is 3. The van der Waals surface area contributed by atoms with Crippen LogP contribution >= 0.6 is 0 Å². The first kappa shape index (κ1) is 28.9. The van der Waals surface area contributed by atoms with Crippen molar-refractivity contribution in [2.24, 2.45) is 5.41 Å². The average molecular weight is 528 g/mol. The molecular weight excluding hydrogens is 496 g/mol. The fourth-order valence-electron chi connectivity index (χ4n) is 5.45. The third kappa shape index (κ3) is 5.21. The summed E-state index contributed by atoms with van der Waals surface area (Å²) in [4.78, 5) is 5.94. The summed E-state index contributed by atoms with van der Waals surface area (Å²) in [6.07, 6.45) is -10.6. The zero-order valence-electron chi connectivity index (χ0n) is 21.3. The summed E-state index contributed by atoms with van der Waals surface area (Å²) in [6.45, 7) is 5.31. The lowest BCUT2D eigenvalue weighted by Gasteiger charge is -2.50. The van der Waals surface area contributed by atoms with Crippen molar-refractivity contribution in [3.63, 3.8) is 0 Å². The van der Waals surface area contributed by atoms with Gasteiger partial charge in [0.2, 0.25) is 0 Å². The van der Waals surface area contributed by atoms with Crippen LogP contribution in [-0.4, -0.2) is 47.5 Å². The molecule has 0 saturated carbocycles. The zero-order chi connectivity index (χ0) is 27.7. The monoisotopic (exact) mass is 527 g/mol. The van der Waals surface area contributed by atoms with Gasteiger partial charge in [-0.3, -0.25) is 9.88 Å². The van der Waals surface area contributed by atoms with E-state index in [-0.39, 0.29) is 19.4 Å². The average Bonchev–Trinajstić information content (AvgIpc) is 3.26. The fourth-order valence-corrected chi connectivity index (χ4v) is 5.45. The molecule has 4 nitrogen and oxygen atoms in total. The highest BCUT2D eigenvalue weighted by Gasteiger charge is 2.81. The summed E-state index contributed by atoms with van der Waals surface area (Å²) in [5.74, 6) is 0. The van der Waals surface area contributed by atoms with Crippen molar-refractivity contribution in [3.8, 4) is 6.07 Å². The van der Waals surface area contributed by atoms with Crippen LogP contribution in [0.15, 0.2) is 42.6 Å². The molecule has 1 fully saturated rings. The molecule has 10 heteroatoms. The number of ether oxygens (including phenoxy) is 1. The predicted molar refractivity (Wildman–Crippen MR) is 127 cm³/mol. The Hall–Kier alpha value is -2.64. The number of hydrogen-bond acceptors (Lipinski definition) is 4. The molecule has 1 aliphatic heterocycles. The van der Waals surface area contributed by atoms with E-state index in [2.05, 4.69) is 4.98 Å². The maximum absolute atomic E-state index is 14.7. The molecule has 37 heavy (non-hydrogen) atoms. The molecule has 0 N–H and O–H groups in total. The van der Waals surface area contributed by atoms with Crippen LogP contribution in [-0.2, 0) is 16.7 Å². The van der Waals surface area contributed by atoms with E-state index < -0.39 is 48.5 Å². The summed E-state index contributed by atoms with van der Waals surface area (Å²) in [6, 6.07) is 11.6. The number of benzene rings is 1. The summed E-state index contributed by atoms with van der Waals surface area (Å²) in [7, 11) is 0. The van der Waals surface area contributed by atoms with Gasteiger partial charge in [0.05, 0.1) is 11.6 Å². The zero-order valence-corrected chi connectivity index (χ0v) is 21.3. The maximum Gasteiger partial charge on any atom is 0.427 e. The van der Waals surface area contributed by atoms with E-state index in [9.17, 15) is 26.3 Å². The van der Waals surface area contributed by atoms with Crippen molar-refractivity contribution in [1.82, 2.24) is 9.88 Å². The van der Waals surface area contributed by atoms with Gasteiger partial charge in [0.1, 0.15) is 0 Å². The van der Waals surface area contributed by atoms with Crippen LogP contribution in [0.2, 0.25) is 0 Å². The third-order valence-electron chi connectivity index (χ3n) is 7.64. The second-order valence-corrected chi connectivity index (χ2v) is 10.1. The van der Waals surface area contributed by atoms with Gasteiger partial charge >= 0.3 is 12.4 Å². The van der Waals surface area contributed by atoms with Gasteiger partial charge < -0.3 is 4.74 Å². The molecule has 0 bridgehead atoms. The highest BCUT2D eigenvalue weighted by molar-refractivity contribution is 5.32. The van der Waals surface area contributed by atoms with Gasteiger partial charge in [-0.1, -0.05) is 18.2 Å². The van der Waals surface area contributed by atoms with E-state index in [1.807, 2.05) is 6.07 Å². The molecule has 0 amide bonds. The molecule has 0 aliphatic carbocycles. The van der Waals surface area contributed by atoms with E-state index in [1.54, 1.807) is 56.1 Å². The van der Waals surface area contributed by atoms with E-state index in [0.29, 0.717) is 16.7 Å². The van der Waals surface area contributed by atoms with Gasteiger partial charge in [-0.2, -0.15) is 31.6 Å². The Kier molecular flexibility index (Phi) is 8.02. The number of likely N-dealkylation sites (tertiary alicyclic amines) is 1. The number of pyridine rings is 1. The van der Waals surface area contributed by atoms with Gasteiger partial charge in [0.25, 0.3) is 5.60 Å². The van der Waals surface area contributed by atoms with Gasteiger partial charge in [-0.05, 0) is 82.8 Å². The lowest BCUT2D eigenvalue weighted by Crippen LogP contribution is -2.69. The maximum atomic E-state index is 14.7. The number of rotatable bonds is 8. The van der Waals surface area contributed by atoms with Crippen molar-refractivity contribution < 1.29 is 31.1 Å². The van der Waals surface area contributed by atoms with Crippen LogP contribution in [0.5, 0.6) is 0 Å². The van der Waals surface area contributed by atoms with Gasteiger partial charge in [0.15, 0.2) is 0 Å². The van der Waals surface area contributed by atoms with Gasteiger partial charge in [-0.25, -0.2) is 0 Å². The first-order valence-corrected chi connectivity index (χ1v) is 12.1. The Balaban J connectivity index is 2.10. The van der Waals surface area contributed by atoms with Crippen LogP contribution in [0.3, 0.4) is 0 Å². The largest absolute Gasteiger partial charge is 0.427 e. The Morgan fingerprint density at radius 3 is 2.14 bits per heavy atom. The highest BCUT2D eigenvalue weighted by atomic mass is 19.4. The quantitative estimate of drug-likeness (QED) is 0.358. The summed E-state index contributed by atoms with van der Waals surface area (Å²) in [5, 5.41) is 9.00. The lowest BCUT2D eigenvalue weighted by molar-refractivity contribution is -0.415. The van der Waals surface area contributed by atoms with Crippen molar-refractivity contribution in [1.29, 1.82) is 5.26 Å². The molecular formula is C27H31F6N3O. The molecule has 1 aliphatic rings. The second-order valence-electron chi connectivity index (χ2n) is 10.1. The number of halogens is 6. The number of nitriles is 1. The topological polar surface area (TPSA) is 49.1 Å². The molecule has 202 valence electrons. The minimum Gasteiger partial charge on any atom is -0.358 e. The lowest BCUT2D eigenvalue weighted by atomic mass is 9.66. The molecule has 1 aromatic carbocycles. The molecule has 1 aromatic heterocycles. The summed E-state index contributed by atoms with van der Waals surface area (Å²) < 4.78 is 92.8. The Bertz CT molecular complexity index is 1090. The van der Waals surface area contributed by atoms with E-state index >= 15 is 0 Å². The van der Waals surface area contributed by atoms with Crippen LogP contribution < -0.4 is 0 Å². The highest BCUT2D eigenvalue weighted by Crippen LogP contribution is 2.61. The predicted octanol–water partition coefficient (Wildman–Crippen LogP) is 6.72. The normalized spacial score (nSPS) is 19.7. The van der Waals surface area contributed by atoms with E-state index in [4.69, 9.17) is 10.00 Å². The molecule has 1 saturated heterocycles. The van der Waals surface area contributed by atoms with Crippen LogP contribution in [0, 0.1) is 23.7 Å². The Morgan fingerprint density at radius 2 is 1.65 bits per heavy atom. The SMILES string of the molecule is CCOC(C(F)(F)F)(C(F)(F)F)[C@]1(CCc2ccc(C#N)cc2)CCN(C(C)(C)c2ccc(C)nc2)C1. The van der Waals surface area contributed by atoms with E-state index in [1.165, 1.54) is 12.1 Å². The molecule has 2 heterocycles. The minimum atomic E-state index is -5.70. The number of aryl methyl sites for hydroxylation is 2. The second kappa shape index (κ2) is 10.3.